The molecule has 0 unspecified atom stereocenters. The molecule has 1 aromatic heterocycles. The molecule has 0 spiro atoms. The van der Waals surface area contributed by atoms with Crippen molar-refractivity contribution >= 4 is 0 Å². The summed E-state index contributed by atoms with van der Waals surface area (Å²) in [5, 5.41) is 16.2. The Balaban J connectivity index is 1.46. The lowest BCUT2D eigenvalue weighted by Crippen LogP contribution is -2.40. The highest BCUT2D eigenvalue weighted by Gasteiger charge is 2.38. The number of nitrogens with zero attached hydrogens (tertiary/aromatic N) is 2. The largest absolute Gasteiger partial charge is 0.493 e. The van der Waals surface area contributed by atoms with Crippen molar-refractivity contribution in [2.45, 2.75) is 18.6 Å². The second-order valence-electron chi connectivity index (χ2n) is 8.96. The molecule has 5 nitrogen and oxygen atoms in total. The molecule has 0 aliphatic heterocycles. The molecule has 4 aromatic rings. The van der Waals surface area contributed by atoms with E-state index in [9.17, 15) is 5.11 Å². The van der Waals surface area contributed by atoms with Gasteiger partial charge in [-0.25, -0.2) is 0 Å². The number of quaternary nitrogens is 1. The fourth-order valence-electron chi connectivity index (χ4n) is 4.08. The summed E-state index contributed by atoms with van der Waals surface area (Å²) >= 11 is 0. The predicted octanol–water partition coefficient (Wildman–Crippen LogP) is 5.00. The second-order valence-corrected chi connectivity index (χ2v) is 8.96. The van der Waals surface area contributed by atoms with Gasteiger partial charge < -0.3 is 18.8 Å². The smallest absolute Gasteiger partial charge is 0.178 e. The van der Waals surface area contributed by atoms with Gasteiger partial charge in [-0.2, -0.15) is 0 Å². The summed E-state index contributed by atoms with van der Waals surface area (Å²) < 4.78 is 12.3. The zero-order chi connectivity index (χ0) is 23.2. The maximum absolute atomic E-state index is 11.9. The number of hydrogen-bond donors (Lipinski definition) is 1. The molecule has 0 fully saturated rings. The third-order valence-electron chi connectivity index (χ3n) is 5.81. The van der Waals surface area contributed by atoms with Crippen molar-refractivity contribution in [1.82, 2.24) is 5.16 Å². The van der Waals surface area contributed by atoms with E-state index in [0.29, 0.717) is 18.9 Å². The van der Waals surface area contributed by atoms with Crippen LogP contribution in [0.1, 0.15) is 29.0 Å². The van der Waals surface area contributed by atoms with E-state index < -0.39 is 5.60 Å². The van der Waals surface area contributed by atoms with Crippen LogP contribution < -0.4 is 4.74 Å². The zero-order valence-electron chi connectivity index (χ0n) is 19.2. The van der Waals surface area contributed by atoms with Crippen LogP contribution in [0.5, 0.6) is 5.75 Å². The number of benzene rings is 3. The van der Waals surface area contributed by atoms with Crippen molar-refractivity contribution < 1.29 is 18.8 Å². The van der Waals surface area contributed by atoms with Crippen LogP contribution in [-0.2, 0) is 12.1 Å². The third kappa shape index (κ3) is 5.51. The quantitative estimate of drug-likeness (QED) is 0.277. The van der Waals surface area contributed by atoms with Gasteiger partial charge in [0.2, 0.25) is 0 Å². The van der Waals surface area contributed by atoms with E-state index >= 15 is 0 Å². The van der Waals surface area contributed by atoms with E-state index in [1.807, 2.05) is 97.1 Å². The van der Waals surface area contributed by atoms with E-state index in [1.165, 1.54) is 0 Å². The van der Waals surface area contributed by atoms with E-state index in [4.69, 9.17) is 9.26 Å². The van der Waals surface area contributed by atoms with Crippen molar-refractivity contribution in [2.75, 3.05) is 27.2 Å². The van der Waals surface area contributed by atoms with Crippen molar-refractivity contribution in [3.63, 3.8) is 0 Å². The molecule has 5 heteroatoms. The molecular weight excluding hydrogens is 412 g/mol. The van der Waals surface area contributed by atoms with Gasteiger partial charge in [-0.3, -0.25) is 0 Å². The highest BCUT2D eigenvalue weighted by molar-refractivity contribution is 5.43. The van der Waals surface area contributed by atoms with Gasteiger partial charge in [0.15, 0.2) is 11.4 Å². The number of aromatic nitrogens is 1. The highest BCUT2D eigenvalue weighted by Crippen LogP contribution is 2.37. The molecule has 0 aliphatic rings. The predicted molar refractivity (Wildman–Crippen MR) is 129 cm³/mol. The molecule has 170 valence electrons. The Morgan fingerprint density at radius 1 is 0.848 bits per heavy atom. The van der Waals surface area contributed by atoms with Gasteiger partial charge in [-0.15, -0.1) is 0 Å². The molecule has 0 radical (unpaired) electrons. The zero-order valence-corrected chi connectivity index (χ0v) is 19.2. The Morgan fingerprint density at radius 2 is 1.39 bits per heavy atom. The maximum Gasteiger partial charge on any atom is 0.178 e. The highest BCUT2D eigenvalue weighted by atomic mass is 16.5. The second kappa shape index (κ2) is 10.0. The Labute approximate surface area is 195 Å². The van der Waals surface area contributed by atoms with Gasteiger partial charge in [0, 0.05) is 12.5 Å². The van der Waals surface area contributed by atoms with E-state index in [-0.39, 0.29) is 0 Å². The number of aliphatic hydroxyl groups is 1. The first-order valence-electron chi connectivity index (χ1n) is 11.3. The summed E-state index contributed by atoms with van der Waals surface area (Å²) in [6.07, 6.45) is 0.921. The average Bonchev–Trinajstić information content (AvgIpc) is 3.31. The number of rotatable bonds is 10. The molecule has 33 heavy (non-hydrogen) atoms. The minimum absolute atomic E-state index is 0.419. The minimum Gasteiger partial charge on any atom is -0.493 e. The van der Waals surface area contributed by atoms with Crippen LogP contribution in [0.2, 0.25) is 0 Å². The third-order valence-corrected chi connectivity index (χ3v) is 5.81. The van der Waals surface area contributed by atoms with E-state index in [1.54, 1.807) is 0 Å². The van der Waals surface area contributed by atoms with Gasteiger partial charge in [-0.05, 0) is 23.3 Å². The average molecular weight is 444 g/mol. The van der Waals surface area contributed by atoms with Crippen molar-refractivity contribution in [1.29, 1.82) is 0 Å². The van der Waals surface area contributed by atoms with Gasteiger partial charge in [0.05, 0.1) is 27.2 Å². The number of ether oxygens (including phenoxy) is 1. The van der Waals surface area contributed by atoms with Crippen LogP contribution in [-0.4, -0.2) is 42.0 Å². The topological polar surface area (TPSA) is 55.5 Å². The Hall–Kier alpha value is -3.41. The number of para-hydroxylation sites is 1. The van der Waals surface area contributed by atoms with Gasteiger partial charge >= 0.3 is 0 Å². The first kappa shape index (κ1) is 22.8. The monoisotopic (exact) mass is 443 g/mol. The standard InChI is InChI=1S/C28H31N2O3/c1-30(2,19-12-20-32-26-17-10-5-11-18-26)22-25-21-27(33-29-25)28(31,23-13-6-3-7-14-23)24-15-8-4-9-16-24/h3-11,13-18,21,31H,12,19-20,22H2,1-2H3/q+1. The Kier molecular flexibility index (Phi) is 6.92. The lowest BCUT2D eigenvalue weighted by atomic mass is 9.84. The SMILES string of the molecule is C[N+](C)(CCCOc1ccccc1)Cc1cc(C(O)(c2ccccc2)c2ccccc2)on1. The van der Waals surface area contributed by atoms with Crippen molar-refractivity contribution in [2.24, 2.45) is 0 Å². The fraction of sp³-hybridized carbons (Fsp3) is 0.250. The van der Waals surface area contributed by atoms with Gasteiger partial charge in [0.25, 0.3) is 0 Å². The van der Waals surface area contributed by atoms with E-state index in [2.05, 4.69) is 19.3 Å². The molecule has 0 amide bonds. The Morgan fingerprint density at radius 3 is 1.97 bits per heavy atom. The lowest BCUT2D eigenvalue weighted by molar-refractivity contribution is -0.904. The molecule has 0 atom stereocenters. The van der Waals surface area contributed by atoms with E-state index in [0.717, 1.165) is 40.0 Å². The van der Waals surface area contributed by atoms with Crippen LogP contribution in [0.4, 0.5) is 0 Å². The summed E-state index contributed by atoms with van der Waals surface area (Å²) in [6.45, 7) is 2.28. The normalized spacial score (nSPS) is 12.0. The number of hydrogen-bond acceptors (Lipinski definition) is 4. The van der Waals surface area contributed by atoms with Crippen LogP contribution in [0.3, 0.4) is 0 Å². The molecular formula is C28H31N2O3+. The molecule has 3 aromatic carbocycles. The van der Waals surface area contributed by atoms with Crippen LogP contribution in [0.25, 0.3) is 0 Å². The summed E-state index contributed by atoms with van der Waals surface area (Å²) in [6, 6.07) is 30.9. The van der Waals surface area contributed by atoms with Crippen LogP contribution in [0.15, 0.2) is 102 Å². The molecule has 0 bridgehead atoms. The summed E-state index contributed by atoms with van der Waals surface area (Å²) in [5.41, 5.74) is 0.884. The van der Waals surface area contributed by atoms with Crippen molar-refractivity contribution in [3.8, 4) is 5.75 Å². The molecule has 4 rings (SSSR count). The first-order valence-corrected chi connectivity index (χ1v) is 11.3. The van der Waals surface area contributed by atoms with Crippen molar-refractivity contribution in [3.05, 3.63) is 120 Å². The molecule has 1 N–H and O–H groups in total. The van der Waals surface area contributed by atoms with Gasteiger partial charge in [-0.1, -0.05) is 84.0 Å². The lowest BCUT2D eigenvalue weighted by Gasteiger charge is -2.29. The first-order chi connectivity index (χ1) is 16.0. The van der Waals surface area contributed by atoms with Crippen LogP contribution in [0, 0.1) is 0 Å². The summed E-state index contributed by atoms with van der Waals surface area (Å²) in [5.74, 6) is 1.31. The molecule has 1 heterocycles. The molecule has 0 saturated carbocycles. The molecule has 0 saturated heterocycles. The maximum atomic E-state index is 11.9. The summed E-state index contributed by atoms with van der Waals surface area (Å²) in [7, 11) is 4.33. The fourth-order valence-corrected chi connectivity index (χ4v) is 4.08. The minimum atomic E-state index is -1.41. The summed E-state index contributed by atoms with van der Waals surface area (Å²) in [4.78, 5) is 0. The Bertz CT molecular complexity index is 1090. The van der Waals surface area contributed by atoms with Crippen LogP contribution >= 0.6 is 0 Å². The van der Waals surface area contributed by atoms with Gasteiger partial charge in [0.1, 0.15) is 18.0 Å². The molecule has 0 aliphatic carbocycles.